The van der Waals surface area contributed by atoms with Crippen molar-refractivity contribution in [2.75, 3.05) is 27.5 Å². The van der Waals surface area contributed by atoms with Gasteiger partial charge < -0.3 is 19.1 Å². The Hall–Kier alpha value is -1.75. The maximum atomic E-state index is 11.0. The maximum Gasteiger partial charge on any atom is 0.306 e. The van der Waals surface area contributed by atoms with Gasteiger partial charge >= 0.3 is 5.97 Å². The van der Waals surface area contributed by atoms with Crippen molar-refractivity contribution in [1.82, 2.24) is 4.90 Å². The first kappa shape index (κ1) is 12.7. The number of hydrogen-bond acceptors (Lipinski definition) is 5. The van der Waals surface area contributed by atoms with Crippen LogP contribution in [0.1, 0.15) is 12.0 Å². The zero-order chi connectivity index (χ0) is 13.0. The molecule has 1 heterocycles. The highest BCUT2D eigenvalue weighted by atomic mass is 16.7. The number of esters is 1. The predicted molar refractivity (Wildman–Crippen MR) is 65.5 cm³/mol. The highest BCUT2D eigenvalue weighted by Crippen LogP contribution is 2.32. The molecule has 0 bridgehead atoms. The number of benzene rings is 1. The van der Waals surface area contributed by atoms with E-state index in [-0.39, 0.29) is 12.8 Å². The molecular weight excluding hydrogens is 234 g/mol. The third kappa shape index (κ3) is 3.13. The van der Waals surface area contributed by atoms with E-state index in [1.165, 1.54) is 7.11 Å². The molecule has 5 heteroatoms. The molecule has 0 amide bonds. The number of fused-ring (bicyclic) bond motifs is 1. The molecule has 2 rings (SSSR count). The summed E-state index contributed by atoms with van der Waals surface area (Å²) < 4.78 is 15.2. The summed E-state index contributed by atoms with van der Waals surface area (Å²) in [5.41, 5.74) is 1.13. The molecule has 1 aromatic rings. The monoisotopic (exact) mass is 251 g/mol. The van der Waals surface area contributed by atoms with Crippen molar-refractivity contribution < 1.29 is 19.0 Å². The Balaban J connectivity index is 1.87. The summed E-state index contributed by atoms with van der Waals surface area (Å²) in [6, 6.07) is 5.88. The van der Waals surface area contributed by atoms with Gasteiger partial charge in [-0.3, -0.25) is 4.79 Å². The molecule has 1 aliphatic rings. The van der Waals surface area contributed by atoms with Crippen molar-refractivity contribution in [2.45, 2.75) is 13.0 Å². The minimum Gasteiger partial charge on any atom is -0.469 e. The van der Waals surface area contributed by atoms with Gasteiger partial charge in [0.05, 0.1) is 13.5 Å². The molecule has 0 saturated carbocycles. The van der Waals surface area contributed by atoms with Crippen LogP contribution in [0, 0.1) is 0 Å². The molecule has 0 radical (unpaired) electrons. The molecule has 0 aliphatic carbocycles. The van der Waals surface area contributed by atoms with Gasteiger partial charge in [0.15, 0.2) is 11.5 Å². The van der Waals surface area contributed by atoms with E-state index in [9.17, 15) is 4.79 Å². The molecule has 18 heavy (non-hydrogen) atoms. The van der Waals surface area contributed by atoms with Crippen LogP contribution in [0.5, 0.6) is 11.5 Å². The van der Waals surface area contributed by atoms with E-state index in [4.69, 9.17) is 9.47 Å². The first-order valence-corrected chi connectivity index (χ1v) is 5.83. The number of ether oxygens (including phenoxy) is 3. The van der Waals surface area contributed by atoms with E-state index in [1.54, 1.807) is 0 Å². The largest absolute Gasteiger partial charge is 0.469 e. The number of methoxy groups -OCH3 is 1. The minimum absolute atomic E-state index is 0.187. The summed E-state index contributed by atoms with van der Waals surface area (Å²) in [5.74, 6) is 1.39. The van der Waals surface area contributed by atoms with Crippen LogP contribution in [-0.2, 0) is 16.1 Å². The SMILES string of the molecule is COC(=O)CCN(C)Cc1ccc2c(c1)OCO2. The Kier molecular flexibility index (Phi) is 4.04. The second kappa shape index (κ2) is 5.73. The van der Waals surface area contributed by atoms with Crippen LogP contribution in [0.2, 0.25) is 0 Å². The van der Waals surface area contributed by atoms with Crippen molar-refractivity contribution in [3.63, 3.8) is 0 Å². The van der Waals surface area contributed by atoms with Crippen LogP contribution < -0.4 is 9.47 Å². The second-order valence-electron chi connectivity index (χ2n) is 4.25. The summed E-state index contributed by atoms with van der Waals surface area (Å²) in [4.78, 5) is 13.1. The van der Waals surface area contributed by atoms with E-state index >= 15 is 0 Å². The van der Waals surface area contributed by atoms with Crippen LogP contribution in [0.3, 0.4) is 0 Å². The Labute approximate surface area is 106 Å². The van der Waals surface area contributed by atoms with Gasteiger partial charge in [-0.1, -0.05) is 6.07 Å². The van der Waals surface area contributed by atoms with Gasteiger partial charge in [0, 0.05) is 13.1 Å². The third-order valence-electron chi connectivity index (χ3n) is 2.81. The standard InChI is InChI=1S/C13H17NO4/c1-14(6-5-13(15)16-2)8-10-3-4-11-12(7-10)18-9-17-11/h3-4,7H,5-6,8-9H2,1-2H3. The molecule has 5 nitrogen and oxygen atoms in total. The summed E-state index contributed by atoms with van der Waals surface area (Å²) in [6.07, 6.45) is 0.400. The molecule has 1 aromatic carbocycles. The van der Waals surface area contributed by atoms with E-state index in [1.807, 2.05) is 25.2 Å². The highest BCUT2D eigenvalue weighted by molar-refractivity contribution is 5.69. The fourth-order valence-electron chi connectivity index (χ4n) is 1.81. The molecule has 0 N–H and O–H groups in total. The van der Waals surface area contributed by atoms with Gasteiger partial charge in [0.2, 0.25) is 6.79 Å². The quantitative estimate of drug-likeness (QED) is 0.740. The van der Waals surface area contributed by atoms with Crippen molar-refractivity contribution in [3.05, 3.63) is 23.8 Å². The van der Waals surface area contributed by atoms with Gasteiger partial charge in [-0.25, -0.2) is 0 Å². The Morgan fingerprint density at radius 2 is 2.17 bits per heavy atom. The molecular formula is C13H17NO4. The smallest absolute Gasteiger partial charge is 0.306 e. The number of nitrogens with zero attached hydrogens (tertiary/aromatic N) is 1. The first-order valence-electron chi connectivity index (χ1n) is 5.83. The van der Waals surface area contributed by atoms with Gasteiger partial charge in [-0.2, -0.15) is 0 Å². The van der Waals surface area contributed by atoms with E-state index < -0.39 is 0 Å². The predicted octanol–water partition coefficient (Wildman–Crippen LogP) is 1.41. The maximum absolute atomic E-state index is 11.0. The van der Waals surface area contributed by atoms with E-state index in [0.717, 1.165) is 23.6 Å². The normalized spacial score (nSPS) is 12.8. The van der Waals surface area contributed by atoms with E-state index in [0.29, 0.717) is 13.0 Å². The molecule has 0 atom stereocenters. The summed E-state index contributed by atoms with van der Waals surface area (Å²) >= 11 is 0. The summed E-state index contributed by atoms with van der Waals surface area (Å²) in [7, 11) is 3.37. The highest BCUT2D eigenvalue weighted by Gasteiger charge is 2.14. The molecule has 0 unspecified atom stereocenters. The molecule has 0 fully saturated rings. The van der Waals surface area contributed by atoms with Crippen molar-refractivity contribution in [3.8, 4) is 11.5 Å². The van der Waals surface area contributed by atoms with Crippen molar-refractivity contribution >= 4 is 5.97 Å². The van der Waals surface area contributed by atoms with Crippen molar-refractivity contribution in [2.24, 2.45) is 0 Å². The Bertz CT molecular complexity index is 433. The molecule has 98 valence electrons. The lowest BCUT2D eigenvalue weighted by molar-refractivity contribution is -0.140. The van der Waals surface area contributed by atoms with Crippen LogP contribution in [-0.4, -0.2) is 38.4 Å². The fourth-order valence-corrected chi connectivity index (χ4v) is 1.81. The lowest BCUT2D eigenvalue weighted by Crippen LogP contribution is -2.21. The van der Waals surface area contributed by atoms with Crippen LogP contribution in [0.15, 0.2) is 18.2 Å². The number of hydrogen-bond donors (Lipinski definition) is 0. The van der Waals surface area contributed by atoms with E-state index in [2.05, 4.69) is 9.64 Å². The summed E-state index contributed by atoms with van der Waals surface area (Å²) in [5, 5.41) is 0. The number of rotatable bonds is 5. The Morgan fingerprint density at radius 1 is 1.39 bits per heavy atom. The molecule has 0 aromatic heterocycles. The van der Waals surface area contributed by atoms with Crippen LogP contribution in [0.25, 0.3) is 0 Å². The topological polar surface area (TPSA) is 48.0 Å². The molecule has 0 spiro atoms. The number of carbonyl (C=O) groups excluding carboxylic acids is 1. The average molecular weight is 251 g/mol. The first-order chi connectivity index (χ1) is 8.69. The van der Waals surface area contributed by atoms with Gasteiger partial charge in [-0.15, -0.1) is 0 Å². The molecule has 1 aliphatic heterocycles. The fraction of sp³-hybridized carbons (Fsp3) is 0.462. The van der Waals surface area contributed by atoms with Crippen LogP contribution in [0.4, 0.5) is 0 Å². The number of carbonyl (C=O) groups is 1. The Morgan fingerprint density at radius 3 is 2.94 bits per heavy atom. The lowest BCUT2D eigenvalue weighted by Gasteiger charge is -2.16. The lowest BCUT2D eigenvalue weighted by atomic mass is 10.2. The summed E-state index contributed by atoms with van der Waals surface area (Å²) in [6.45, 7) is 1.71. The second-order valence-corrected chi connectivity index (χ2v) is 4.25. The van der Waals surface area contributed by atoms with Gasteiger partial charge in [0.1, 0.15) is 0 Å². The average Bonchev–Trinajstić information content (AvgIpc) is 2.83. The zero-order valence-corrected chi connectivity index (χ0v) is 10.6. The van der Waals surface area contributed by atoms with Gasteiger partial charge in [0.25, 0.3) is 0 Å². The molecule has 0 saturated heterocycles. The third-order valence-corrected chi connectivity index (χ3v) is 2.81. The van der Waals surface area contributed by atoms with Crippen LogP contribution >= 0.6 is 0 Å². The van der Waals surface area contributed by atoms with Gasteiger partial charge in [-0.05, 0) is 24.7 Å². The minimum atomic E-state index is -0.187. The van der Waals surface area contributed by atoms with Crippen molar-refractivity contribution in [1.29, 1.82) is 0 Å². The zero-order valence-electron chi connectivity index (χ0n) is 10.6.